The summed E-state index contributed by atoms with van der Waals surface area (Å²) in [5.74, 6) is 0.753. The minimum atomic E-state index is -0.692. The van der Waals surface area contributed by atoms with E-state index in [2.05, 4.69) is 21.8 Å². The first-order valence-electron chi connectivity index (χ1n) is 4.48. The Hall–Kier alpha value is -0.330. The van der Waals surface area contributed by atoms with Crippen molar-refractivity contribution >= 4 is 22.3 Å². The van der Waals surface area contributed by atoms with Crippen molar-refractivity contribution in [3.63, 3.8) is 0 Å². The van der Waals surface area contributed by atoms with E-state index in [1.807, 2.05) is 5.38 Å². The Morgan fingerprint density at radius 3 is 3.07 bits per heavy atom. The topological polar surface area (TPSA) is 54.9 Å². The van der Waals surface area contributed by atoms with E-state index in [1.54, 1.807) is 6.26 Å². The Morgan fingerprint density at radius 1 is 1.71 bits per heavy atom. The quantitative estimate of drug-likeness (QED) is 0.789. The molecule has 1 aromatic rings. The number of nitrogens with one attached hydrogen (secondary N) is 1. The number of aromatic nitrogens is 2. The van der Waals surface area contributed by atoms with E-state index in [-0.39, 0.29) is 0 Å². The SMILES string of the molecule is CC(CCS(C)=O)NCc1csnn1. The van der Waals surface area contributed by atoms with Crippen LogP contribution in [0.3, 0.4) is 0 Å². The summed E-state index contributed by atoms with van der Waals surface area (Å²) in [6.07, 6.45) is 2.66. The van der Waals surface area contributed by atoms with Crippen molar-refractivity contribution in [3.8, 4) is 0 Å². The van der Waals surface area contributed by atoms with Gasteiger partial charge < -0.3 is 5.32 Å². The maximum Gasteiger partial charge on any atom is 0.0893 e. The van der Waals surface area contributed by atoms with Gasteiger partial charge in [-0.1, -0.05) is 4.49 Å². The van der Waals surface area contributed by atoms with Crippen LogP contribution in [0.4, 0.5) is 0 Å². The molecule has 80 valence electrons. The maximum absolute atomic E-state index is 10.8. The smallest absolute Gasteiger partial charge is 0.0893 e. The lowest BCUT2D eigenvalue weighted by molar-refractivity contribution is 0.529. The van der Waals surface area contributed by atoms with Crippen molar-refractivity contribution in [3.05, 3.63) is 11.1 Å². The van der Waals surface area contributed by atoms with Crippen LogP contribution in [0.15, 0.2) is 5.38 Å². The first kappa shape index (κ1) is 11.7. The van der Waals surface area contributed by atoms with Crippen molar-refractivity contribution in [2.24, 2.45) is 0 Å². The minimum absolute atomic E-state index is 0.376. The zero-order valence-corrected chi connectivity index (χ0v) is 10.0. The van der Waals surface area contributed by atoms with Gasteiger partial charge in [0, 0.05) is 40.8 Å². The highest BCUT2D eigenvalue weighted by molar-refractivity contribution is 7.84. The highest BCUT2D eigenvalue weighted by Crippen LogP contribution is 1.98. The van der Waals surface area contributed by atoms with Crippen molar-refractivity contribution < 1.29 is 4.21 Å². The van der Waals surface area contributed by atoms with E-state index >= 15 is 0 Å². The fourth-order valence-electron chi connectivity index (χ4n) is 0.985. The van der Waals surface area contributed by atoms with E-state index in [0.717, 1.165) is 24.4 Å². The van der Waals surface area contributed by atoms with Gasteiger partial charge in [-0.25, -0.2) is 0 Å². The molecule has 1 heterocycles. The van der Waals surface area contributed by atoms with E-state index in [9.17, 15) is 4.21 Å². The minimum Gasteiger partial charge on any atom is -0.309 e. The van der Waals surface area contributed by atoms with Crippen molar-refractivity contribution in [1.82, 2.24) is 14.9 Å². The van der Waals surface area contributed by atoms with Crippen LogP contribution in [0.5, 0.6) is 0 Å². The average molecular weight is 233 g/mol. The molecule has 2 unspecified atom stereocenters. The van der Waals surface area contributed by atoms with Gasteiger partial charge in [-0.15, -0.1) is 5.10 Å². The van der Waals surface area contributed by atoms with Crippen molar-refractivity contribution in [2.75, 3.05) is 12.0 Å². The average Bonchev–Trinajstić information content (AvgIpc) is 2.63. The largest absolute Gasteiger partial charge is 0.309 e. The number of hydrogen-bond donors (Lipinski definition) is 1. The lowest BCUT2D eigenvalue weighted by Gasteiger charge is -2.11. The van der Waals surface area contributed by atoms with E-state index in [0.29, 0.717) is 6.04 Å². The first-order chi connectivity index (χ1) is 6.68. The summed E-state index contributed by atoms with van der Waals surface area (Å²) in [6.45, 7) is 2.83. The molecule has 0 aliphatic rings. The molecule has 1 aromatic heterocycles. The summed E-state index contributed by atoms with van der Waals surface area (Å²) < 4.78 is 14.6. The summed E-state index contributed by atoms with van der Waals surface area (Å²) >= 11 is 1.36. The second kappa shape index (κ2) is 6.21. The number of rotatable bonds is 6. The standard InChI is InChI=1S/C8H15N3OS2/c1-7(3-4-14(2)12)9-5-8-6-13-11-10-8/h6-7,9H,3-5H2,1-2H3. The predicted molar refractivity (Wildman–Crippen MR) is 59.8 cm³/mol. The van der Waals surface area contributed by atoms with Gasteiger partial charge >= 0.3 is 0 Å². The van der Waals surface area contributed by atoms with Crippen molar-refractivity contribution in [2.45, 2.75) is 25.9 Å². The molecule has 0 bridgehead atoms. The van der Waals surface area contributed by atoms with Gasteiger partial charge in [-0.2, -0.15) is 0 Å². The summed E-state index contributed by atoms with van der Waals surface area (Å²) in [4.78, 5) is 0. The van der Waals surface area contributed by atoms with E-state index < -0.39 is 10.8 Å². The van der Waals surface area contributed by atoms with Gasteiger partial charge in [0.1, 0.15) is 0 Å². The third-order valence-electron chi connectivity index (χ3n) is 1.88. The lowest BCUT2D eigenvalue weighted by Crippen LogP contribution is -2.27. The van der Waals surface area contributed by atoms with Gasteiger partial charge in [0.25, 0.3) is 0 Å². The highest BCUT2D eigenvalue weighted by atomic mass is 32.2. The summed E-state index contributed by atoms with van der Waals surface area (Å²) in [7, 11) is -0.692. The Balaban J connectivity index is 2.15. The molecular weight excluding hydrogens is 218 g/mol. The molecule has 0 spiro atoms. The Morgan fingerprint density at radius 2 is 2.50 bits per heavy atom. The zero-order valence-electron chi connectivity index (χ0n) is 8.40. The molecular formula is C8H15N3OS2. The normalized spacial score (nSPS) is 15.3. The summed E-state index contributed by atoms with van der Waals surface area (Å²) in [5, 5.41) is 9.17. The van der Waals surface area contributed by atoms with Crippen LogP contribution in [0.25, 0.3) is 0 Å². The second-order valence-corrected chi connectivity index (χ2v) is 5.41. The molecule has 1 N–H and O–H groups in total. The van der Waals surface area contributed by atoms with Gasteiger partial charge in [-0.05, 0) is 24.9 Å². The van der Waals surface area contributed by atoms with Gasteiger partial charge in [-0.3, -0.25) is 4.21 Å². The van der Waals surface area contributed by atoms with E-state index in [4.69, 9.17) is 0 Å². The molecule has 1 rings (SSSR count). The fraction of sp³-hybridized carbons (Fsp3) is 0.750. The molecule has 14 heavy (non-hydrogen) atoms. The van der Waals surface area contributed by atoms with Crippen LogP contribution in [0.2, 0.25) is 0 Å². The fourth-order valence-corrected chi connectivity index (χ4v) is 2.12. The van der Waals surface area contributed by atoms with Gasteiger partial charge in [0.2, 0.25) is 0 Å². The van der Waals surface area contributed by atoms with Crippen LogP contribution in [-0.2, 0) is 17.3 Å². The predicted octanol–water partition coefficient (Wildman–Crippen LogP) is 0.785. The lowest BCUT2D eigenvalue weighted by atomic mass is 10.2. The second-order valence-electron chi connectivity index (χ2n) is 3.24. The Bertz CT molecular complexity index is 276. The van der Waals surface area contributed by atoms with Crippen LogP contribution in [0.1, 0.15) is 19.0 Å². The van der Waals surface area contributed by atoms with Crippen LogP contribution >= 0.6 is 11.5 Å². The van der Waals surface area contributed by atoms with Gasteiger partial charge in [0.15, 0.2) is 0 Å². The zero-order chi connectivity index (χ0) is 10.4. The molecule has 0 aromatic carbocycles. The summed E-state index contributed by atoms with van der Waals surface area (Å²) in [5.41, 5.74) is 0.972. The molecule has 2 atom stereocenters. The van der Waals surface area contributed by atoms with Crippen LogP contribution in [-0.4, -0.2) is 31.8 Å². The molecule has 0 amide bonds. The number of nitrogens with zero attached hydrogens (tertiary/aromatic N) is 2. The Kier molecular flexibility index (Phi) is 5.21. The third-order valence-corrected chi connectivity index (χ3v) is 3.24. The molecule has 0 radical (unpaired) electrons. The first-order valence-corrected chi connectivity index (χ1v) is 7.04. The Labute approximate surface area is 90.7 Å². The van der Waals surface area contributed by atoms with Crippen molar-refractivity contribution in [1.29, 1.82) is 0 Å². The van der Waals surface area contributed by atoms with E-state index in [1.165, 1.54) is 11.5 Å². The molecule has 6 heteroatoms. The van der Waals surface area contributed by atoms with Crippen LogP contribution < -0.4 is 5.32 Å². The van der Waals surface area contributed by atoms with Gasteiger partial charge in [0.05, 0.1) is 5.69 Å². The third kappa shape index (κ3) is 4.78. The molecule has 4 nitrogen and oxygen atoms in total. The molecule has 0 saturated heterocycles. The van der Waals surface area contributed by atoms with Crippen LogP contribution in [0, 0.1) is 0 Å². The molecule has 0 aliphatic carbocycles. The maximum atomic E-state index is 10.8. The molecule has 0 saturated carbocycles. The molecule has 0 fully saturated rings. The highest BCUT2D eigenvalue weighted by Gasteiger charge is 2.03. The molecule has 0 aliphatic heterocycles. The summed E-state index contributed by atoms with van der Waals surface area (Å²) in [6, 6.07) is 0.376. The number of hydrogen-bond acceptors (Lipinski definition) is 5. The monoisotopic (exact) mass is 233 g/mol.